The average molecular weight is 315 g/mol. The molecule has 0 unspecified atom stereocenters. The Balaban J connectivity index is 0. The molecule has 0 aromatic carbocycles. The van der Waals surface area contributed by atoms with Crippen LogP contribution in [0.4, 0.5) is 4.79 Å². The largest absolute Gasteiger partial charge is 0.471 e. The highest BCUT2D eigenvalue weighted by Gasteiger charge is 2.32. The van der Waals surface area contributed by atoms with E-state index in [4.69, 9.17) is 5.73 Å². The molecule has 0 saturated heterocycles. The third-order valence-electron chi connectivity index (χ3n) is 1.76. The van der Waals surface area contributed by atoms with E-state index >= 15 is 0 Å². The first-order chi connectivity index (χ1) is 6.87. The van der Waals surface area contributed by atoms with Gasteiger partial charge in [-0.2, -0.15) is 0 Å². The highest BCUT2D eigenvalue weighted by molar-refractivity contribution is 9.10. The van der Waals surface area contributed by atoms with E-state index in [1.807, 2.05) is 19.2 Å². The predicted octanol–water partition coefficient (Wildman–Crippen LogP) is -1.30. The van der Waals surface area contributed by atoms with Crippen molar-refractivity contribution in [3.8, 4) is 0 Å². The summed E-state index contributed by atoms with van der Waals surface area (Å²) in [6.45, 7) is 3.72. The number of amides is 3. The van der Waals surface area contributed by atoms with Crippen LogP contribution in [0.3, 0.4) is 0 Å². The van der Waals surface area contributed by atoms with E-state index in [9.17, 15) is 9.59 Å². The summed E-state index contributed by atoms with van der Waals surface area (Å²) in [7, 11) is 1.86. The Morgan fingerprint density at radius 2 is 1.73 bits per heavy atom. The summed E-state index contributed by atoms with van der Waals surface area (Å²) in [6, 6.07) is -0.814. The van der Waals surface area contributed by atoms with Gasteiger partial charge in [-0.1, -0.05) is 29.8 Å². The maximum absolute atomic E-state index is 11.3. The molecule has 15 heavy (non-hydrogen) atoms. The number of hydrogen-bond acceptors (Lipinski definition) is 3. The summed E-state index contributed by atoms with van der Waals surface area (Å²) in [5.41, 5.74) is 4.81. The molecule has 0 bridgehead atoms. The van der Waals surface area contributed by atoms with E-state index < -0.39 is 10.4 Å². The third kappa shape index (κ3) is 7.71. The van der Waals surface area contributed by atoms with Crippen molar-refractivity contribution in [3.63, 3.8) is 0 Å². The molecule has 0 aromatic rings. The second-order valence-corrected chi connectivity index (χ2v) is 7.68. The number of primary amides is 1. The van der Waals surface area contributed by atoms with Gasteiger partial charge in [0.15, 0.2) is 0 Å². The molecule has 0 saturated carbocycles. The maximum Gasteiger partial charge on any atom is 0.318 e. The fraction of sp³-hybridized carbons (Fsp3) is 0.714. The molecular formula is C7H19BrN2O3Si2. The molecule has 0 aliphatic rings. The molecule has 0 rings (SSSR count). The van der Waals surface area contributed by atoms with Gasteiger partial charge in [-0.05, 0) is 12.8 Å². The van der Waals surface area contributed by atoms with Crippen molar-refractivity contribution in [3.05, 3.63) is 0 Å². The van der Waals surface area contributed by atoms with Crippen molar-refractivity contribution in [1.82, 2.24) is 5.32 Å². The van der Waals surface area contributed by atoms with E-state index in [2.05, 4.69) is 20.0 Å². The summed E-state index contributed by atoms with van der Waals surface area (Å²) in [4.78, 5) is 21.6. The van der Waals surface area contributed by atoms with Gasteiger partial charge in [0.05, 0.1) is 0 Å². The van der Waals surface area contributed by atoms with E-state index in [-0.39, 0.29) is 5.91 Å². The number of urea groups is 1. The smallest absolute Gasteiger partial charge is 0.318 e. The Hall–Kier alpha value is -0.186. The number of nitrogens with one attached hydrogen (secondary N) is 1. The molecule has 3 amide bonds. The summed E-state index contributed by atoms with van der Waals surface area (Å²) >= 11 is 3.26. The Morgan fingerprint density at radius 3 is 1.93 bits per heavy atom. The van der Waals surface area contributed by atoms with Crippen LogP contribution in [0.5, 0.6) is 0 Å². The van der Waals surface area contributed by atoms with Crippen molar-refractivity contribution in [2.24, 2.45) is 5.73 Å². The highest BCUT2D eigenvalue weighted by atomic mass is 79.9. The van der Waals surface area contributed by atoms with Crippen LogP contribution in [-0.2, 0) is 8.91 Å². The highest BCUT2D eigenvalue weighted by Crippen LogP contribution is 2.26. The first-order valence-corrected chi connectivity index (χ1v) is 7.00. The van der Waals surface area contributed by atoms with Crippen molar-refractivity contribution in [2.75, 3.05) is 0 Å². The minimum absolute atomic E-state index is 0.375. The molecule has 5 nitrogen and oxygen atoms in total. The van der Waals surface area contributed by atoms with E-state index in [1.165, 1.54) is 0 Å². The molecule has 0 spiro atoms. The molecule has 0 radical (unpaired) electrons. The molecule has 90 valence electrons. The van der Waals surface area contributed by atoms with Gasteiger partial charge in [0.1, 0.15) is 25.3 Å². The van der Waals surface area contributed by atoms with Gasteiger partial charge in [0.25, 0.3) is 0 Å². The van der Waals surface area contributed by atoms with E-state index in [0.29, 0.717) is 12.8 Å². The normalized spacial score (nSPS) is 10.3. The second kappa shape index (κ2) is 9.07. The predicted molar refractivity (Wildman–Crippen MR) is 70.9 cm³/mol. The van der Waals surface area contributed by atoms with Crippen LogP contribution in [0.2, 0.25) is 0 Å². The lowest BCUT2D eigenvalue weighted by molar-refractivity contribution is -0.122. The minimum atomic E-state index is -0.814. The Labute approximate surface area is 105 Å². The topological polar surface area (TPSA) is 81.4 Å². The first kappa shape index (κ1) is 17.2. The lowest BCUT2D eigenvalue weighted by Crippen LogP contribution is -2.46. The summed E-state index contributed by atoms with van der Waals surface area (Å²) in [5.74, 6) is -0.375. The lowest BCUT2D eigenvalue weighted by atomic mass is 10.0. The van der Waals surface area contributed by atoms with Gasteiger partial charge in [0, 0.05) is 0 Å². The number of imide groups is 1. The number of carbonyl (C=O) groups is 2. The molecule has 0 aliphatic heterocycles. The van der Waals surface area contributed by atoms with Crippen molar-refractivity contribution >= 4 is 48.8 Å². The average Bonchev–Trinajstić information content (AvgIpc) is 2.16. The number of hydrogen-bond donors (Lipinski definition) is 2. The van der Waals surface area contributed by atoms with Crippen molar-refractivity contribution < 1.29 is 13.7 Å². The molecule has 3 N–H and O–H groups in total. The van der Waals surface area contributed by atoms with Gasteiger partial charge in [-0.3, -0.25) is 10.1 Å². The number of halogens is 1. The summed E-state index contributed by atoms with van der Waals surface area (Å²) in [6.07, 6.45) is 1.23. The molecule has 0 heterocycles. The Bertz CT molecular complexity index is 212. The van der Waals surface area contributed by atoms with Gasteiger partial charge in [-0.25, -0.2) is 4.79 Å². The van der Waals surface area contributed by atoms with Gasteiger partial charge in [0.2, 0.25) is 5.91 Å². The van der Waals surface area contributed by atoms with Gasteiger partial charge < -0.3 is 9.85 Å². The number of rotatable bonds is 3. The van der Waals surface area contributed by atoms with Crippen LogP contribution in [0.25, 0.3) is 0 Å². The number of nitrogens with two attached hydrogens (primary N) is 1. The fourth-order valence-electron chi connectivity index (χ4n) is 0.795. The van der Waals surface area contributed by atoms with Crippen LogP contribution in [0.1, 0.15) is 26.7 Å². The van der Waals surface area contributed by atoms with Crippen LogP contribution < -0.4 is 11.1 Å². The van der Waals surface area contributed by atoms with Gasteiger partial charge >= 0.3 is 6.03 Å². The molecule has 8 heteroatoms. The lowest BCUT2D eigenvalue weighted by Gasteiger charge is -2.21. The first-order valence-electron chi connectivity index (χ1n) is 4.57. The van der Waals surface area contributed by atoms with Crippen LogP contribution in [0, 0.1) is 0 Å². The third-order valence-corrected chi connectivity index (χ3v) is 3.25. The summed E-state index contributed by atoms with van der Waals surface area (Å²) in [5, 5.41) is 2.04. The van der Waals surface area contributed by atoms with E-state index in [0.717, 1.165) is 21.0 Å². The SMILES string of the molecule is CCC(Br)(CC)C(=O)NC(N)=O.[SiH3]O[SiH3]. The van der Waals surface area contributed by atoms with Crippen molar-refractivity contribution in [2.45, 2.75) is 31.0 Å². The standard InChI is InChI=1S/C7H13BrN2O2.H6OSi2/c1-3-7(8,4-2)5(11)10-6(9)12;2-1-3/h3-4H2,1-2H3,(H3,9,10,11,12);2-3H3. The van der Waals surface area contributed by atoms with Crippen LogP contribution in [-0.4, -0.2) is 37.2 Å². The van der Waals surface area contributed by atoms with Crippen LogP contribution >= 0.6 is 15.9 Å². The quantitative estimate of drug-likeness (QED) is 0.502. The zero-order valence-electron chi connectivity index (χ0n) is 9.59. The molecule has 0 aromatic heterocycles. The molecule has 0 fully saturated rings. The van der Waals surface area contributed by atoms with Crippen molar-refractivity contribution in [1.29, 1.82) is 0 Å². The molecular weight excluding hydrogens is 296 g/mol. The second-order valence-electron chi connectivity index (χ2n) is 2.90. The monoisotopic (exact) mass is 314 g/mol. The van der Waals surface area contributed by atoms with E-state index in [1.54, 1.807) is 0 Å². The molecule has 0 atom stereocenters. The maximum atomic E-state index is 11.3. The number of carbonyl (C=O) groups excluding carboxylic acids is 2. The van der Waals surface area contributed by atoms with Gasteiger partial charge in [-0.15, -0.1) is 0 Å². The minimum Gasteiger partial charge on any atom is -0.471 e. The Morgan fingerprint density at radius 1 is 1.40 bits per heavy atom. The summed E-state index contributed by atoms with van der Waals surface area (Å²) < 4.78 is 3.86. The molecule has 0 aliphatic carbocycles. The van der Waals surface area contributed by atoms with Crippen LogP contribution in [0.15, 0.2) is 0 Å². The zero-order valence-corrected chi connectivity index (χ0v) is 15.2. The fourth-order valence-corrected chi connectivity index (χ4v) is 0.894. The Kier molecular flexibility index (Phi) is 10.4. The number of alkyl halides is 1. The zero-order chi connectivity index (χ0) is 12.5.